The van der Waals surface area contributed by atoms with Crippen molar-refractivity contribution in [2.24, 2.45) is 0 Å². The lowest BCUT2D eigenvalue weighted by atomic mass is 10.2. The monoisotopic (exact) mass is 320 g/mol. The van der Waals surface area contributed by atoms with E-state index in [4.69, 9.17) is 0 Å². The number of anilines is 1. The molecule has 2 heterocycles. The molecule has 4 heteroatoms. The minimum absolute atomic E-state index is 0.409. The third-order valence-electron chi connectivity index (χ3n) is 4.36. The highest BCUT2D eigenvalue weighted by Gasteiger charge is 2.10. The first-order chi connectivity index (χ1) is 11.6. The molecule has 0 aliphatic rings. The van der Waals surface area contributed by atoms with Crippen molar-refractivity contribution < 1.29 is 0 Å². The van der Waals surface area contributed by atoms with E-state index in [2.05, 4.69) is 70.6 Å². The van der Waals surface area contributed by atoms with Crippen molar-refractivity contribution in [2.45, 2.75) is 26.4 Å². The average Bonchev–Trinajstić information content (AvgIpc) is 2.60. The summed E-state index contributed by atoms with van der Waals surface area (Å²) in [6.07, 6.45) is 1.81. The van der Waals surface area contributed by atoms with E-state index in [0.717, 1.165) is 35.5 Å². The lowest BCUT2D eigenvalue weighted by Gasteiger charge is -2.25. The molecule has 0 saturated carbocycles. The number of aromatic nitrogens is 2. The molecule has 124 valence electrons. The molecule has 0 radical (unpaired) electrons. The summed E-state index contributed by atoms with van der Waals surface area (Å²) in [4.78, 5) is 11.2. The van der Waals surface area contributed by atoms with Crippen LogP contribution in [0.3, 0.4) is 0 Å². The normalized spacial score (nSPS) is 12.5. The summed E-state index contributed by atoms with van der Waals surface area (Å²) in [6.45, 7) is 6.04. The van der Waals surface area contributed by atoms with Crippen LogP contribution in [0.4, 0.5) is 5.69 Å². The molecule has 0 spiro atoms. The van der Waals surface area contributed by atoms with E-state index in [1.54, 1.807) is 0 Å². The van der Waals surface area contributed by atoms with Crippen LogP contribution in [-0.2, 0) is 6.54 Å². The number of fused-ring (bicyclic) bond motifs is 1. The van der Waals surface area contributed by atoms with Gasteiger partial charge in [0, 0.05) is 42.1 Å². The van der Waals surface area contributed by atoms with Gasteiger partial charge in [0.25, 0.3) is 0 Å². The zero-order valence-electron chi connectivity index (χ0n) is 14.5. The summed E-state index contributed by atoms with van der Waals surface area (Å²) in [5, 5.41) is 4.62. The first-order valence-corrected chi connectivity index (χ1v) is 8.34. The van der Waals surface area contributed by atoms with Gasteiger partial charge >= 0.3 is 0 Å². The van der Waals surface area contributed by atoms with E-state index in [1.807, 2.05) is 25.3 Å². The Bertz CT molecular complexity index is 801. The molecule has 0 bridgehead atoms. The first-order valence-electron chi connectivity index (χ1n) is 8.34. The number of rotatable bonds is 6. The molecule has 1 atom stereocenters. The molecule has 1 unspecified atom stereocenters. The predicted molar refractivity (Wildman–Crippen MR) is 100 cm³/mol. The molecule has 0 aliphatic carbocycles. The van der Waals surface area contributed by atoms with Gasteiger partial charge in [-0.2, -0.15) is 0 Å². The molecule has 0 amide bonds. The van der Waals surface area contributed by atoms with Crippen molar-refractivity contribution in [3.05, 3.63) is 66.0 Å². The Labute approximate surface area is 143 Å². The molecule has 2 aromatic heterocycles. The van der Waals surface area contributed by atoms with Crippen molar-refractivity contribution in [1.82, 2.24) is 14.9 Å². The van der Waals surface area contributed by atoms with Crippen LogP contribution >= 0.6 is 0 Å². The van der Waals surface area contributed by atoms with E-state index in [1.165, 1.54) is 5.56 Å². The molecular weight excluding hydrogens is 296 g/mol. The van der Waals surface area contributed by atoms with Gasteiger partial charge in [0.1, 0.15) is 0 Å². The van der Waals surface area contributed by atoms with Gasteiger partial charge in [-0.1, -0.05) is 30.3 Å². The molecule has 0 saturated heterocycles. The lowest BCUT2D eigenvalue weighted by Crippen LogP contribution is -2.34. The molecule has 1 aromatic carbocycles. The zero-order chi connectivity index (χ0) is 16.9. The number of hydrogen-bond acceptors (Lipinski definition) is 4. The molecule has 3 aromatic rings. The summed E-state index contributed by atoms with van der Waals surface area (Å²) >= 11 is 0. The van der Waals surface area contributed by atoms with E-state index < -0.39 is 0 Å². The summed E-state index contributed by atoms with van der Waals surface area (Å²) in [5.74, 6) is 0. The number of benzene rings is 1. The fourth-order valence-electron chi connectivity index (χ4n) is 2.72. The molecule has 4 nitrogen and oxygen atoms in total. The topological polar surface area (TPSA) is 41.0 Å². The number of likely N-dealkylation sites (N-methyl/N-ethyl adjacent to an activating group) is 1. The fraction of sp³-hybridized carbons (Fsp3) is 0.300. The zero-order valence-corrected chi connectivity index (χ0v) is 14.5. The number of hydrogen-bond donors (Lipinski definition) is 1. The maximum Gasteiger partial charge on any atom is 0.161 e. The van der Waals surface area contributed by atoms with Crippen molar-refractivity contribution in [3.63, 3.8) is 0 Å². The smallest absolute Gasteiger partial charge is 0.161 e. The number of nitrogens with one attached hydrogen (secondary N) is 1. The molecule has 1 N–H and O–H groups in total. The number of nitrogens with zero attached hydrogens (tertiary/aromatic N) is 3. The Morgan fingerprint density at radius 1 is 1.08 bits per heavy atom. The van der Waals surface area contributed by atoms with Crippen molar-refractivity contribution in [1.29, 1.82) is 0 Å². The van der Waals surface area contributed by atoms with Crippen LogP contribution in [0.5, 0.6) is 0 Å². The van der Waals surface area contributed by atoms with Crippen LogP contribution in [0.2, 0.25) is 0 Å². The highest BCUT2D eigenvalue weighted by atomic mass is 15.1. The second-order valence-corrected chi connectivity index (χ2v) is 6.31. The van der Waals surface area contributed by atoms with E-state index >= 15 is 0 Å². The van der Waals surface area contributed by atoms with Gasteiger partial charge in [0.15, 0.2) is 5.65 Å². The van der Waals surface area contributed by atoms with Gasteiger partial charge in [0.2, 0.25) is 0 Å². The third kappa shape index (κ3) is 3.89. The molecule has 24 heavy (non-hydrogen) atoms. The van der Waals surface area contributed by atoms with Crippen molar-refractivity contribution in [3.8, 4) is 0 Å². The van der Waals surface area contributed by atoms with Crippen LogP contribution in [0.1, 0.15) is 18.2 Å². The second-order valence-electron chi connectivity index (χ2n) is 6.31. The lowest BCUT2D eigenvalue weighted by molar-refractivity contribution is 0.259. The molecule has 0 fully saturated rings. The van der Waals surface area contributed by atoms with E-state index in [9.17, 15) is 0 Å². The van der Waals surface area contributed by atoms with Crippen LogP contribution in [0.25, 0.3) is 11.0 Å². The molecule has 0 aliphatic heterocycles. The number of pyridine rings is 2. The van der Waals surface area contributed by atoms with Crippen molar-refractivity contribution in [2.75, 3.05) is 18.9 Å². The summed E-state index contributed by atoms with van der Waals surface area (Å²) < 4.78 is 0. The predicted octanol–water partition coefficient (Wildman–Crippen LogP) is 3.87. The van der Waals surface area contributed by atoms with Crippen LogP contribution in [0.15, 0.2) is 54.7 Å². The minimum atomic E-state index is 0.409. The van der Waals surface area contributed by atoms with E-state index in [-0.39, 0.29) is 0 Å². The van der Waals surface area contributed by atoms with Crippen LogP contribution in [-0.4, -0.2) is 34.5 Å². The average molecular weight is 320 g/mol. The van der Waals surface area contributed by atoms with Crippen LogP contribution in [0, 0.1) is 6.92 Å². The number of aryl methyl sites for hydroxylation is 1. The van der Waals surface area contributed by atoms with Gasteiger partial charge in [-0.05, 0) is 44.7 Å². The van der Waals surface area contributed by atoms with Gasteiger partial charge in [-0.25, -0.2) is 9.97 Å². The van der Waals surface area contributed by atoms with Gasteiger partial charge in [-0.15, -0.1) is 0 Å². The van der Waals surface area contributed by atoms with Gasteiger partial charge in [-0.3, -0.25) is 4.90 Å². The van der Waals surface area contributed by atoms with Crippen molar-refractivity contribution >= 4 is 16.7 Å². The molecule has 3 rings (SSSR count). The third-order valence-corrected chi connectivity index (χ3v) is 4.36. The standard InChI is InChI=1S/C20H24N4/c1-15-9-10-18-19(11-12-21-20(18)23-15)22-13-16(2)24(3)14-17-7-5-4-6-8-17/h4-12,16H,13-14H2,1-3H3,(H,21,22,23). The second kappa shape index (κ2) is 7.41. The van der Waals surface area contributed by atoms with Gasteiger partial charge < -0.3 is 5.32 Å². The molecular formula is C20H24N4. The SMILES string of the molecule is Cc1ccc2c(NCC(C)N(C)Cc3ccccc3)ccnc2n1. The highest BCUT2D eigenvalue weighted by molar-refractivity contribution is 5.88. The maximum absolute atomic E-state index is 4.49. The largest absolute Gasteiger partial charge is 0.383 e. The highest BCUT2D eigenvalue weighted by Crippen LogP contribution is 2.20. The summed E-state index contributed by atoms with van der Waals surface area (Å²) in [6, 6.07) is 17.1. The van der Waals surface area contributed by atoms with Gasteiger partial charge in [0.05, 0.1) is 0 Å². The fourth-order valence-corrected chi connectivity index (χ4v) is 2.72. The Kier molecular flexibility index (Phi) is 5.06. The quantitative estimate of drug-likeness (QED) is 0.748. The van der Waals surface area contributed by atoms with Crippen LogP contribution < -0.4 is 5.32 Å². The Balaban J connectivity index is 1.65. The summed E-state index contributed by atoms with van der Waals surface area (Å²) in [5.41, 5.74) is 4.21. The Morgan fingerprint density at radius 2 is 1.88 bits per heavy atom. The first kappa shape index (κ1) is 16.4. The minimum Gasteiger partial charge on any atom is -0.383 e. The Morgan fingerprint density at radius 3 is 2.67 bits per heavy atom. The summed E-state index contributed by atoms with van der Waals surface area (Å²) in [7, 11) is 2.16. The van der Waals surface area contributed by atoms with E-state index in [0.29, 0.717) is 6.04 Å². The maximum atomic E-state index is 4.49. The Hall–Kier alpha value is -2.46.